The Morgan fingerprint density at radius 1 is 0.958 bits per heavy atom. The van der Waals surface area contributed by atoms with Crippen molar-refractivity contribution in [1.82, 2.24) is 5.32 Å². The third-order valence-electron chi connectivity index (χ3n) is 3.84. The van der Waals surface area contributed by atoms with Gasteiger partial charge in [-0.2, -0.15) is 0 Å². The van der Waals surface area contributed by atoms with Crippen LogP contribution in [0.15, 0.2) is 36.4 Å². The van der Waals surface area contributed by atoms with Gasteiger partial charge in [0, 0.05) is 0 Å². The lowest BCUT2D eigenvalue weighted by molar-refractivity contribution is -0.123. The van der Waals surface area contributed by atoms with Crippen molar-refractivity contribution in [2.24, 2.45) is 0 Å². The second-order valence-electron chi connectivity index (χ2n) is 6.01. The summed E-state index contributed by atoms with van der Waals surface area (Å²) in [7, 11) is 0. The van der Waals surface area contributed by atoms with E-state index in [0.717, 1.165) is 28.2 Å². The fraction of sp³-hybridized carbons (Fsp3) is 0.350. The molecule has 128 valence electrons. The lowest BCUT2D eigenvalue weighted by atomic mass is 10.1. The molecule has 2 aromatic carbocycles. The largest absolute Gasteiger partial charge is 0.492 e. The summed E-state index contributed by atoms with van der Waals surface area (Å²) in [5.41, 5.74) is 4.54. The number of carbonyl (C=O) groups excluding carboxylic acids is 1. The number of hydrogen-bond acceptors (Lipinski definition) is 3. The summed E-state index contributed by atoms with van der Waals surface area (Å²) in [4.78, 5) is 11.9. The van der Waals surface area contributed by atoms with Crippen molar-refractivity contribution >= 4 is 5.91 Å². The van der Waals surface area contributed by atoms with Crippen LogP contribution in [0, 0.1) is 27.7 Å². The number of hydrogen-bond donors (Lipinski definition) is 1. The first-order chi connectivity index (χ1) is 11.5. The lowest BCUT2D eigenvalue weighted by Gasteiger charge is -2.12. The van der Waals surface area contributed by atoms with Crippen LogP contribution in [0.5, 0.6) is 11.5 Å². The molecule has 24 heavy (non-hydrogen) atoms. The van der Waals surface area contributed by atoms with Gasteiger partial charge in [-0.3, -0.25) is 4.79 Å². The Balaban J connectivity index is 1.71. The fourth-order valence-electron chi connectivity index (χ4n) is 2.34. The summed E-state index contributed by atoms with van der Waals surface area (Å²) >= 11 is 0. The van der Waals surface area contributed by atoms with Crippen molar-refractivity contribution in [3.63, 3.8) is 0 Å². The number of benzene rings is 2. The molecule has 0 aromatic heterocycles. The van der Waals surface area contributed by atoms with Gasteiger partial charge in [0.1, 0.15) is 18.1 Å². The molecule has 2 aromatic rings. The molecule has 0 aliphatic heterocycles. The smallest absolute Gasteiger partial charge is 0.258 e. The molecule has 0 fully saturated rings. The van der Waals surface area contributed by atoms with Crippen molar-refractivity contribution in [1.29, 1.82) is 0 Å². The van der Waals surface area contributed by atoms with E-state index in [1.54, 1.807) is 0 Å². The molecule has 0 saturated heterocycles. The molecular weight excluding hydrogens is 302 g/mol. The van der Waals surface area contributed by atoms with Gasteiger partial charge in [-0.15, -0.1) is 0 Å². The van der Waals surface area contributed by atoms with Gasteiger partial charge in [-0.1, -0.05) is 23.8 Å². The average molecular weight is 327 g/mol. The molecule has 4 nitrogen and oxygen atoms in total. The van der Waals surface area contributed by atoms with Crippen LogP contribution in [0.1, 0.15) is 22.3 Å². The quantitative estimate of drug-likeness (QED) is 0.792. The normalized spacial score (nSPS) is 10.3. The molecule has 0 radical (unpaired) electrons. The highest BCUT2D eigenvalue weighted by molar-refractivity contribution is 5.77. The standard InChI is InChI=1S/C20H25NO3/c1-14-5-7-18(8-6-14)23-10-9-21-20(22)13-24-19-12-15(2)11-16(3)17(19)4/h5-8,11-12H,9-10,13H2,1-4H3,(H,21,22). The average Bonchev–Trinajstić information content (AvgIpc) is 2.55. The molecule has 1 amide bonds. The van der Waals surface area contributed by atoms with Crippen molar-refractivity contribution in [3.8, 4) is 11.5 Å². The SMILES string of the molecule is Cc1ccc(OCCNC(=O)COc2cc(C)cc(C)c2C)cc1. The third kappa shape index (κ3) is 5.30. The fourth-order valence-corrected chi connectivity index (χ4v) is 2.34. The van der Waals surface area contributed by atoms with Gasteiger partial charge in [-0.25, -0.2) is 0 Å². The minimum Gasteiger partial charge on any atom is -0.492 e. The number of rotatable bonds is 7. The Labute approximate surface area is 143 Å². The molecule has 0 aliphatic rings. The Morgan fingerprint density at radius 3 is 2.38 bits per heavy atom. The van der Waals surface area contributed by atoms with Crippen LogP contribution in [0.25, 0.3) is 0 Å². The van der Waals surface area contributed by atoms with Crippen LogP contribution >= 0.6 is 0 Å². The zero-order chi connectivity index (χ0) is 17.5. The maximum atomic E-state index is 11.9. The zero-order valence-electron chi connectivity index (χ0n) is 14.8. The molecule has 0 saturated carbocycles. The van der Waals surface area contributed by atoms with Crippen LogP contribution < -0.4 is 14.8 Å². The minimum atomic E-state index is -0.152. The molecule has 2 rings (SSSR count). The van der Waals surface area contributed by atoms with Crippen LogP contribution in [0.4, 0.5) is 0 Å². The monoisotopic (exact) mass is 327 g/mol. The Kier molecular flexibility index (Phi) is 6.24. The first-order valence-electron chi connectivity index (χ1n) is 8.12. The van der Waals surface area contributed by atoms with E-state index >= 15 is 0 Å². The summed E-state index contributed by atoms with van der Waals surface area (Å²) in [6, 6.07) is 11.9. The summed E-state index contributed by atoms with van der Waals surface area (Å²) in [6.07, 6.45) is 0. The highest BCUT2D eigenvalue weighted by Crippen LogP contribution is 2.23. The number of amides is 1. The molecule has 0 bridgehead atoms. The van der Waals surface area contributed by atoms with E-state index in [9.17, 15) is 4.79 Å². The van der Waals surface area contributed by atoms with E-state index < -0.39 is 0 Å². The highest BCUT2D eigenvalue weighted by Gasteiger charge is 2.07. The first-order valence-corrected chi connectivity index (χ1v) is 8.12. The van der Waals surface area contributed by atoms with Crippen LogP contribution in [-0.4, -0.2) is 25.7 Å². The molecular formula is C20H25NO3. The maximum absolute atomic E-state index is 11.9. The summed E-state index contributed by atoms with van der Waals surface area (Å²) in [6.45, 7) is 8.96. The highest BCUT2D eigenvalue weighted by atomic mass is 16.5. The Bertz CT molecular complexity index is 693. The van der Waals surface area contributed by atoms with Crippen molar-refractivity contribution in [2.75, 3.05) is 19.8 Å². The minimum absolute atomic E-state index is 0.00820. The van der Waals surface area contributed by atoms with E-state index in [1.165, 1.54) is 5.56 Å². The molecule has 0 heterocycles. The summed E-state index contributed by atoms with van der Waals surface area (Å²) in [5, 5.41) is 2.79. The molecule has 4 heteroatoms. The van der Waals surface area contributed by atoms with Gasteiger partial charge in [0.05, 0.1) is 6.54 Å². The Morgan fingerprint density at radius 2 is 1.67 bits per heavy atom. The van der Waals surface area contributed by atoms with Crippen molar-refractivity contribution in [2.45, 2.75) is 27.7 Å². The second-order valence-corrected chi connectivity index (χ2v) is 6.01. The molecule has 0 aliphatic carbocycles. The van der Waals surface area contributed by atoms with E-state index in [0.29, 0.717) is 13.2 Å². The number of ether oxygens (including phenoxy) is 2. The predicted octanol–water partition coefficient (Wildman–Crippen LogP) is 3.49. The van der Waals surface area contributed by atoms with Crippen LogP contribution in [-0.2, 0) is 4.79 Å². The van der Waals surface area contributed by atoms with Gasteiger partial charge < -0.3 is 14.8 Å². The van der Waals surface area contributed by atoms with Gasteiger partial charge in [0.25, 0.3) is 5.91 Å². The van der Waals surface area contributed by atoms with Gasteiger partial charge in [-0.05, 0) is 62.6 Å². The second kappa shape index (κ2) is 8.39. The lowest BCUT2D eigenvalue weighted by Crippen LogP contribution is -2.32. The third-order valence-corrected chi connectivity index (χ3v) is 3.84. The van der Waals surface area contributed by atoms with Crippen molar-refractivity contribution in [3.05, 3.63) is 58.7 Å². The van der Waals surface area contributed by atoms with E-state index in [-0.39, 0.29) is 12.5 Å². The van der Waals surface area contributed by atoms with Gasteiger partial charge in [0.2, 0.25) is 0 Å². The van der Waals surface area contributed by atoms with Crippen molar-refractivity contribution < 1.29 is 14.3 Å². The van der Waals surface area contributed by atoms with Gasteiger partial charge >= 0.3 is 0 Å². The van der Waals surface area contributed by atoms with Crippen LogP contribution in [0.2, 0.25) is 0 Å². The van der Waals surface area contributed by atoms with Crippen LogP contribution in [0.3, 0.4) is 0 Å². The molecule has 0 atom stereocenters. The number of nitrogens with one attached hydrogen (secondary N) is 1. The Hall–Kier alpha value is -2.49. The molecule has 0 unspecified atom stereocenters. The summed E-state index contributed by atoms with van der Waals surface area (Å²) < 4.78 is 11.2. The zero-order valence-corrected chi connectivity index (χ0v) is 14.8. The maximum Gasteiger partial charge on any atom is 0.258 e. The van der Waals surface area contributed by atoms with E-state index in [2.05, 4.69) is 11.4 Å². The topological polar surface area (TPSA) is 47.6 Å². The molecule has 1 N–H and O–H groups in total. The van der Waals surface area contributed by atoms with E-state index in [4.69, 9.17) is 9.47 Å². The van der Waals surface area contributed by atoms with Gasteiger partial charge in [0.15, 0.2) is 6.61 Å². The number of carbonyl (C=O) groups is 1. The summed E-state index contributed by atoms with van der Waals surface area (Å²) in [5.74, 6) is 1.41. The predicted molar refractivity (Wildman–Crippen MR) is 95.8 cm³/mol. The molecule has 0 spiro atoms. The van der Waals surface area contributed by atoms with E-state index in [1.807, 2.05) is 58.0 Å². The first kappa shape index (κ1) is 17.9. The number of aryl methyl sites for hydroxylation is 3.